The van der Waals surface area contributed by atoms with Gasteiger partial charge >= 0.3 is 0 Å². The third-order valence-electron chi connectivity index (χ3n) is 8.64. The molecule has 0 saturated heterocycles. The van der Waals surface area contributed by atoms with Crippen molar-refractivity contribution < 1.29 is 10.2 Å². The molecule has 0 aliphatic heterocycles. The molecule has 0 aromatic carbocycles. The average molecular weight is 307 g/mol. The topological polar surface area (TPSA) is 66.5 Å². The molecule has 0 heterocycles. The largest absolute Gasteiger partial charge is 0.393 e. The molecule has 4 rings (SSSR count). The summed E-state index contributed by atoms with van der Waals surface area (Å²) in [6.45, 7) is 4.76. The number of hydrogen-bond acceptors (Lipinski definition) is 3. The Morgan fingerprint density at radius 2 is 1.73 bits per heavy atom. The van der Waals surface area contributed by atoms with Gasteiger partial charge in [0.05, 0.1) is 12.2 Å². The summed E-state index contributed by atoms with van der Waals surface area (Å²) in [6, 6.07) is 0.270. The van der Waals surface area contributed by atoms with Crippen LogP contribution in [0.2, 0.25) is 0 Å². The molecule has 22 heavy (non-hydrogen) atoms. The second kappa shape index (κ2) is 4.94. The van der Waals surface area contributed by atoms with Gasteiger partial charge in [-0.15, -0.1) is 0 Å². The van der Waals surface area contributed by atoms with Crippen molar-refractivity contribution in [3.8, 4) is 0 Å². The van der Waals surface area contributed by atoms with Crippen molar-refractivity contribution in [1.82, 2.24) is 0 Å². The van der Waals surface area contributed by atoms with Gasteiger partial charge in [0.1, 0.15) is 0 Å². The van der Waals surface area contributed by atoms with Crippen LogP contribution in [0.25, 0.3) is 0 Å². The number of hydrogen-bond donors (Lipinski definition) is 3. The van der Waals surface area contributed by atoms with Gasteiger partial charge in [0.15, 0.2) is 0 Å². The average Bonchev–Trinajstić information content (AvgIpc) is 2.75. The molecule has 0 bridgehead atoms. The summed E-state index contributed by atoms with van der Waals surface area (Å²) in [7, 11) is 0. The van der Waals surface area contributed by atoms with Crippen LogP contribution in [0.15, 0.2) is 0 Å². The molecule has 3 heteroatoms. The van der Waals surface area contributed by atoms with Gasteiger partial charge in [-0.3, -0.25) is 0 Å². The van der Waals surface area contributed by atoms with Crippen molar-refractivity contribution in [1.29, 1.82) is 0 Å². The molecule has 0 aromatic heterocycles. The van der Waals surface area contributed by atoms with E-state index in [0.29, 0.717) is 23.7 Å². The van der Waals surface area contributed by atoms with Crippen molar-refractivity contribution in [3.05, 3.63) is 0 Å². The molecule has 4 aliphatic carbocycles. The lowest BCUT2D eigenvalue weighted by Crippen LogP contribution is -2.60. The van der Waals surface area contributed by atoms with Gasteiger partial charge in [-0.05, 0) is 85.9 Å². The van der Waals surface area contributed by atoms with Gasteiger partial charge in [-0.25, -0.2) is 0 Å². The lowest BCUT2D eigenvalue weighted by atomic mass is 9.44. The molecule has 4 N–H and O–H groups in total. The lowest BCUT2D eigenvalue weighted by Gasteiger charge is -2.62. The number of aliphatic hydroxyl groups excluding tert-OH is 2. The van der Waals surface area contributed by atoms with Gasteiger partial charge < -0.3 is 15.9 Å². The first kappa shape index (κ1) is 15.4. The van der Waals surface area contributed by atoms with Crippen LogP contribution in [0, 0.1) is 34.5 Å². The van der Waals surface area contributed by atoms with Crippen LogP contribution in [-0.4, -0.2) is 28.5 Å². The molecule has 4 saturated carbocycles. The highest BCUT2D eigenvalue weighted by Crippen LogP contribution is 2.65. The lowest BCUT2D eigenvalue weighted by molar-refractivity contribution is -0.173. The first-order valence-electron chi connectivity index (χ1n) is 9.48. The van der Waals surface area contributed by atoms with Gasteiger partial charge in [0.25, 0.3) is 0 Å². The van der Waals surface area contributed by atoms with Crippen LogP contribution in [0.5, 0.6) is 0 Å². The van der Waals surface area contributed by atoms with E-state index in [1.165, 1.54) is 19.3 Å². The third-order valence-corrected chi connectivity index (χ3v) is 8.64. The fraction of sp³-hybridized carbons (Fsp3) is 1.00. The summed E-state index contributed by atoms with van der Waals surface area (Å²) in [5.41, 5.74) is 6.83. The minimum atomic E-state index is -0.196. The molecule has 0 spiro atoms. The normalized spacial score (nSPS) is 61.2. The summed E-state index contributed by atoms with van der Waals surface area (Å²) in [6.07, 6.45) is 8.42. The molecule has 126 valence electrons. The molecular weight excluding hydrogens is 274 g/mol. The molecule has 9 atom stereocenters. The zero-order chi connectivity index (χ0) is 15.7. The van der Waals surface area contributed by atoms with Gasteiger partial charge in [0.2, 0.25) is 0 Å². The molecule has 4 fully saturated rings. The van der Waals surface area contributed by atoms with Gasteiger partial charge in [0, 0.05) is 6.04 Å². The number of aliphatic hydroxyl groups is 2. The second-order valence-corrected chi connectivity index (χ2v) is 9.47. The van der Waals surface area contributed by atoms with E-state index in [-0.39, 0.29) is 29.1 Å². The molecule has 3 nitrogen and oxygen atoms in total. The van der Waals surface area contributed by atoms with Crippen LogP contribution in [0.4, 0.5) is 0 Å². The fourth-order valence-corrected chi connectivity index (χ4v) is 7.40. The Balaban J connectivity index is 1.68. The number of rotatable bonds is 0. The van der Waals surface area contributed by atoms with E-state index in [4.69, 9.17) is 5.73 Å². The van der Waals surface area contributed by atoms with E-state index in [9.17, 15) is 10.2 Å². The first-order chi connectivity index (χ1) is 10.4. The van der Waals surface area contributed by atoms with Crippen molar-refractivity contribution in [3.63, 3.8) is 0 Å². The summed E-state index contributed by atoms with van der Waals surface area (Å²) in [4.78, 5) is 0. The van der Waals surface area contributed by atoms with Gasteiger partial charge in [-0.1, -0.05) is 13.8 Å². The Kier molecular flexibility index (Phi) is 3.46. The first-order valence-corrected chi connectivity index (χ1v) is 9.48. The van der Waals surface area contributed by atoms with E-state index in [0.717, 1.165) is 32.1 Å². The summed E-state index contributed by atoms with van der Waals surface area (Å²) >= 11 is 0. The van der Waals surface area contributed by atoms with Crippen LogP contribution >= 0.6 is 0 Å². The Morgan fingerprint density at radius 3 is 2.50 bits per heavy atom. The monoisotopic (exact) mass is 307 g/mol. The summed E-state index contributed by atoms with van der Waals surface area (Å²) in [5, 5.41) is 21.2. The maximum absolute atomic E-state index is 11.1. The molecule has 5 unspecified atom stereocenters. The quantitative estimate of drug-likeness (QED) is 0.644. The van der Waals surface area contributed by atoms with E-state index in [1.54, 1.807) is 0 Å². The Bertz CT molecular complexity index is 455. The molecule has 0 amide bonds. The second-order valence-electron chi connectivity index (χ2n) is 9.47. The Hall–Kier alpha value is -0.120. The van der Waals surface area contributed by atoms with E-state index in [2.05, 4.69) is 13.8 Å². The highest BCUT2D eigenvalue weighted by Gasteiger charge is 2.62. The predicted octanol–water partition coefficient (Wildman–Crippen LogP) is 2.69. The smallest absolute Gasteiger partial charge is 0.0582 e. The Labute approximate surface area is 134 Å². The fourth-order valence-electron chi connectivity index (χ4n) is 7.40. The van der Waals surface area contributed by atoms with Crippen LogP contribution in [0.1, 0.15) is 65.2 Å². The van der Waals surface area contributed by atoms with Crippen molar-refractivity contribution in [2.75, 3.05) is 0 Å². The summed E-state index contributed by atoms with van der Waals surface area (Å²) < 4.78 is 0. The molecule has 0 aromatic rings. The van der Waals surface area contributed by atoms with E-state index < -0.39 is 0 Å². The third kappa shape index (κ3) is 1.91. The maximum atomic E-state index is 11.1. The minimum Gasteiger partial charge on any atom is -0.393 e. The standard InChI is InChI=1S/C19H33NO2/c1-18-8-7-12(21)9-11(18)3-4-13-14-5-6-16(20)19(14,2)10-15(22)17(13)18/h11-17,21-22H,3-10,20H2,1-2H3/t11?,12-,13?,14?,15-,16?,17?,18-,19-/m0/s1. The molecular formula is C19H33NO2. The zero-order valence-corrected chi connectivity index (χ0v) is 14.2. The van der Waals surface area contributed by atoms with Crippen molar-refractivity contribution in [2.24, 2.45) is 40.2 Å². The van der Waals surface area contributed by atoms with Crippen LogP contribution < -0.4 is 5.73 Å². The van der Waals surface area contributed by atoms with Crippen LogP contribution in [-0.2, 0) is 0 Å². The number of fused-ring (bicyclic) bond motifs is 5. The number of nitrogens with two attached hydrogens (primary N) is 1. The maximum Gasteiger partial charge on any atom is 0.0582 e. The van der Waals surface area contributed by atoms with E-state index >= 15 is 0 Å². The molecule has 0 radical (unpaired) electrons. The highest BCUT2D eigenvalue weighted by molar-refractivity contribution is 5.12. The minimum absolute atomic E-state index is 0.111. The van der Waals surface area contributed by atoms with Crippen LogP contribution in [0.3, 0.4) is 0 Å². The zero-order valence-electron chi connectivity index (χ0n) is 14.2. The molecule has 4 aliphatic rings. The highest BCUT2D eigenvalue weighted by atomic mass is 16.3. The van der Waals surface area contributed by atoms with Crippen molar-refractivity contribution in [2.45, 2.75) is 83.5 Å². The Morgan fingerprint density at radius 1 is 0.955 bits per heavy atom. The van der Waals surface area contributed by atoms with Gasteiger partial charge in [-0.2, -0.15) is 0 Å². The predicted molar refractivity (Wildman–Crippen MR) is 87.1 cm³/mol. The summed E-state index contributed by atoms with van der Waals surface area (Å²) in [5.74, 6) is 2.40. The van der Waals surface area contributed by atoms with Crippen molar-refractivity contribution >= 4 is 0 Å². The SMILES string of the molecule is C[C@]12CC[C@H](O)CC1CCC1C3CCC(N)[C@@]3(C)C[C@H](O)C12. The van der Waals surface area contributed by atoms with E-state index in [1.807, 2.05) is 0 Å².